The number of nitrogens with zero attached hydrogens (tertiary/aromatic N) is 3. The van der Waals surface area contributed by atoms with E-state index >= 15 is 0 Å². The Balaban J connectivity index is 1.23. The minimum absolute atomic E-state index is 0.263. The van der Waals surface area contributed by atoms with E-state index in [4.69, 9.17) is 4.74 Å². The highest BCUT2D eigenvalue weighted by Gasteiger charge is 2.19. The smallest absolute Gasteiger partial charge is 0.328 e. The quantitative estimate of drug-likeness (QED) is 0.488. The molecule has 0 spiro atoms. The molecule has 1 saturated heterocycles. The van der Waals surface area contributed by atoms with E-state index in [0.29, 0.717) is 17.6 Å². The van der Waals surface area contributed by atoms with Gasteiger partial charge in [-0.25, -0.2) is 4.79 Å². The van der Waals surface area contributed by atoms with E-state index in [-0.39, 0.29) is 11.2 Å². The van der Waals surface area contributed by atoms with Crippen molar-refractivity contribution >= 4 is 27.6 Å². The van der Waals surface area contributed by atoms with Gasteiger partial charge in [0, 0.05) is 43.6 Å². The minimum Gasteiger partial charge on any atom is -0.495 e. The van der Waals surface area contributed by atoms with Crippen molar-refractivity contribution in [1.29, 1.82) is 0 Å². The molecule has 0 atom stereocenters. The molecule has 8 heteroatoms. The Morgan fingerprint density at radius 3 is 2.44 bits per heavy atom. The van der Waals surface area contributed by atoms with Gasteiger partial charge in [-0.1, -0.05) is 30.3 Å². The lowest BCUT2D eigenvalue weighted by atomic mass is 10.2. The number of nitrogens with one attached hydrogen (secondary N) is 2. The summed E-state index contributed by atoms with van der Waals surface area (Å²) in [5, 5.41) is 0.858. The lowest BCUT2D eigenvalue weighted by Crippen LogP contribution is -2.47. The third-order valence-corrected chi connectivity index (χ3v) is 6.30. The molecular weight excluding hydrogens is 406 g/mol. The van der Waals surface area contributed by atoms with Gasteiger partial charge >= 0.3 is 5.69 Å². The zero-order chi connectivity index (χ0) is 22.1. The largest absolute Gasteiger partial charge is 0.495 e. The zero-order valence-corrected chi connectivity index (χ0v) is 18.1. The Morgan fingerprint density at radius 2 is 1.62 bits per heavy atom. The predicted octanol–water partition coefficient (Wildman–Crippen LogP) is 2.39. The number of rotatable bonds is 6. The van der Waals surface area contributed by atoms with Crippen molar-refractivity contribution < 1.29 is 4.74 Å². The highest BCUT2D eigenvalue weighted by molar-refractivity contribution is 6.04. The fourth-order valence-corrected chi connectivity index (χ4v) is 4.59. The van der Waals surface area contributed by atoms with Crippen LogP contribution in [0.2, 0.25) is 0 Å². The predicted molar refractivity (Wildman–Crippen MR) is 127 cm³/mol. The summed E-state index contributed by atoms with van der Waals surface area (Å²) in [6.45, 7) is 4.95. The Morgan fingerprint density at radius 1 is 0.875 bits per heavy atom. The standard InChI is InChI=1S/C24H27N5O3/c1-32-20-10-5-4-9-19(20)28-15-13-27(14-16-28)11-6-12-29-23(30)22-21(26-24(29)31)17-7-2-3-8-18(17)25-22/h2-5,7-10,25H,6,11-16H2,1H3,(H,26,31). The number of ether oxygens (including phenoxy) is 1. The molecule has 1 fully saturated rings. The minimum atomic E-state index is -0.353. The number of para-hydroxylation sites is 3. The van der Waals surface area contributed by atoms with E-state index in [1.54, 1.807) is 7.11 Å². The highest BCUT2D eigenvalue weighted by Crippen LogP contribution is 2.28. The Labute approximate surface area is 185 Å². The molecule has 2 aromatic carbocycles. The van der Waals surface area contributed by atoms with Crippen LogP contribution in [0.4, 0.5) is 5.69 Å². The van der Waals surface area contributed by atoms with E-state index in [0.717, 1.165) is 61.5 Å². The average molecular weight is 434 g/mol. The number of hydrogen-bond donors (Lipinski definition) is 2. The van der Waals surface area contributed by atoms with Crippen LogP contribution >= 0.6 is 0 Å². The van der Waals surface area contributed by atoms with Crippen molar-refractivity contribution in [1.82, 2.24) is 19.4 Å². The normalized spacial score (nSPS) is 15.0. The first-order valence-electron chi connectivity index (χ1n) is 11.0. The molecule has 166 valence electrons. The highest BCUT2D eigenvalue weighted by atomic mass is 16.5. The van der Waals surface area contributed by atoms with Gasteiger partial charge in [-0.3, -0.25) is 14.3 Å². The van der Waals surface area contributed by atoms with Crippen molar-refractivity contribution in [2.75, 3.05) is 44.7 Å². The van der Waals surface area contributed by atoms with Crippen LogP contribution < -0.4 is 20.9 Å². The number of fused-ring (bicyclic) bond motifs is 3. The first-order valence-corrected chi connectivity index (χ1v) is 11.0. The van der Waals surface area contributed by atoms with Gasteiger partial charge < -0.3 is 19.6 Å². The van der Waals surface area contributed by atoms with Gasteiger partial charge in [0.15, 0.2) is 0 Å². The first kappa shape index (κ1) is 20.4. The van der Waals surface area contributed by atoms with Gasteiger partial charge in [-0.2, -0.15) is 0 Å². The van der Waals surface area contributed by atoms with E-state index in [9.17, 15) is 9.59 Å². The SMILES string of the molecule is COc1ccccc1N1CCN(CCCn2c(=O)[nH]c3c([nH]c4ccccc43)c2=O)CC1. The fraction of sp³-hybridized carbons (Fsp3) is 0.333. The summed E-state index contributed by atoms with van der Waals surface area (Å²) in [5.74, 6) is 0.895. The summed E-state index contributed by atoms with van der Waals surface area (Å²) in [6, 6.07) is 15.7. The maximum atomic E-state index is 12.9. The molecule has 1 aliphatic heterocycles. The molecule has 0 saturated carbocycles. The Kier molecular flexibility index (Phi) is 5.45. The van der Waals surface area contributed by atoms with Crippen molar-refractivity contribution in [2.24, 2.45) is 0 Å². The van der Waals surface area contributed by atoms with Crippen molar-refractivity contribution in [3.8, 4) is 5.75 Å². The summed E-state index contributed by atoms with van der Waals surface area (Å²) >= 11 is 0. The molecule has 0 radical (unpaired) electrons. The number of methoxy groups -OCH3 is 1. The zero-order valence-electron chi connectivity index (χ0n) is 18.1. The molecule has 0 unspecified atom stereocenters. The van der Waals surface area contributed by atoms with Crippen LogP contribution in [0.3, 0.4) is 0 Å². The lowest BCUT2D eigenvalue weighted by Gasteiger charge is -2.36. The maximum Gasteiger partial charge on any atom is 0.328 e. The van der Waals surface area contributed by atoms with Gasteiger partial charge in [-0.05, 0) is 31.2 Å². The second-order valence-electron chi connectivity index (χ2n) is 8.16. The van der Waals surface area contributed by atoms with E-state index < -0.39 is 0 Å². The number of aromatic nitrogens is 3. The average Bonchev–Trinajstić information content (AvgIpc) is 3.20. The molecule has 0 bridgehead atoms. The second kappa shape index (κ2) is 8.55. The van der Waals surface area contributed by atoms with Crippen LogP contribution in [-0.4, -0.2) is 59.3 Å². The molecule has 0 aliphatic carbocycles. The van der Waals surface area contributed by atoms with E-state index in [2.05, 4.69) is 25.8 Å². The van der Waals surface area contributed by atoms with E-state index in [1.807, 2.05) is 42.5 Å². The molecule has 2 aromatic heterocycles. The van der Waals surface area contributed by atoms with Crippen LogP contribution in [0.5, 0.6) is 5.75 Å². The number of piperazine rings is 1. The first-order chi connectivity index (χ1) is 15.7. The van der Waals surface area contributed by atoms with Crippen LogP contribution in [0.25, 0.3) is 21.9 Å². The van der Waals surface area contributed by atoms with E-state index in [1.165, 1.54) is 4.57 Å². The Bertz CT molecular complexity index is 1360. The fourth-order valence-electron chi connectivity index (χ4n) is 4.59. The van der Waals surface area contributed by atoms with Gasteiger partial charge in [0.1, 0.15) is 11.3 Å². The molecule has 2 N–H and O–H groups in total. The summed E-state index contributed by atoms with van der Waals surface area (Å²) < 4.78 is 6.80. The molecule has 5 rings (SSSR count). The van der Waals surface area contributed by atoms with Crippen LogP contribution in [-0.2, 0) is 6.54 Å². The monoisotopic (exact) mass is 433 g/mol. The maximum absolute atomic E-state index is 12.9. The summed E-state index contributed by atoms with van der Waals surface area (Å²) in [7, 11) is 1.70. The van der Waals surface area contributed by atoms with Gasteiger partial charge in [0.2, 0.25) is 0 Å². The van der Waals surface area contributed by atoms with Crippen LogP contribution in [0.15, 0.2) is 58.1 Å². The van der Waals surface area contributed by atoms with Gasteiger partial charge in [-0.15, -0.1) is 0 Å². The van der Waals surface area contributed by atoms with Gasteiger partial charge in [0.25, 0.3) is 5.56 Å². The van der Waals surface area contributed by atoms with Crippen molar-refractivity contribution in [3.05, 3.63) is 69.4 Å². The molecule has 4 aromatic rings. The van der Waals surface area contributed by atoms with Crippen LogP contribution in [0.1, 0.15) is 6.42 Å². The number of aromatic amines is 2. The molecule has 32 heavy (non-hydrogen) atoms. The lowest BCUT2D eigenvalue weighted by molar-refractivity contribution is 0.249. The second-order valence-corrected chi connectivity index (χ2v) is 8.16. The van der Waals surface area contributed by atoms with Crippen molar-refractivity contribution in [3.63, 3.8) is 0 Å². The number of anilines is 1. The summed E-state index contributed by atoms with van der Waals surface area (Å²) in [6.07, 6.45) is 0.739. The topological polar surface area (TPSA) is 86.4 Å². The van der Waals surface area contributed by atoms with Crippen molar-refractivity contribution in [2.45, 2.75) is 13.0 Å². The third kappa shape index (κ3) is 3.67. The molecular formula is C24H27N5O3. The Hall–Kier alpha value is -3.52. The molecule has 3 heterocycles. The molecule has 0 amide bonds. The summed E-state index contributed by atoms with van der Waals surface area (Å²) in [4.78, 5) is 36.3. The molecule has 8 nitrogen and oxygen atoms in total. The third-order valence-electron chi connectivity index (χ3n) is 6.30. The number of benzene rings is 2. The number of H-pyrrole nitrogens is 2. The molecule has 1 aliphatic rings. The summed E-state index contributed by atoms with van der Waals surface area (Å²) in [5.41, 5.74) is 2.39. The van der Waals surface area contributed by atoms with Crippen LogP contribution in [0, 0.1) is 0 Å². The van der Waals surface area contributed by atoms with Gasteiger partial charge in [0.05, 0.1) is 18.3 Å². The number of hydrogen-bond acceptors (Lipinski definition) is 5.